The molecule has 2 fully saturated rings. The number of halogens is 2. The van der Waals surface area contributed by atoms with Crippen molar-refractivity contribution in [3.05, 3.63) is 29.6 Å². The molecule has 1 saturated carbocycles. The predicted octanol–water partition coefficient (Wildman–Crippen LogP) is 3.78. The van der Waals surface area contributed by atoms with E-state index in [1.165, 1.54) is 39.2 Å². The van der Waals surface area contributed by atoms with E-state index in [-0.39, 0.29) is 18.2 Å². The lowest BCUT2D eigenvalue weighted by atomic mass is 9.80. The zero-order valence-electron chi connectivity index (χ0n) is 13.9. The second kappa shape index (κ2) is 8.86. The minimum absolute atomic E-state index is 0. The number of piperazine rings is 1. The summed E-state index contributed by atoms with van der Waals surface area (Å²) in [6.45, 7) is 4.16. The minimum atomic E-state index is -0.240. The van der Waals surface area contributed by atoms with Gasteiger partial charge in [-0.05, 0) is 36.5 Å². The zero-order valence-corrected chi connectivity index (χ0v) is 14.7. The molecule has 130 valence electrons. The van der Waals surface area contributed by atoms with Crippen molar-refractivity contribution in [1.29, 1.82) is 0 Å². The molecule has 3 nitrogen and oxygen atoms in total. The maximum absolute atomic E-state index is 14.2. The summed E-state index contributed by atoms with van der Waals surface area (Å²) in [7, 11) is 1.52. The Bertz CT molecular complexity index is 470. The van der Waals surface area contributed by atoms with Crippen molar-refractivity contribution in [2.24, 2.45) is 5.92 Å². The number of ether oxygens (including phenoxy) is 1. The fourth-order valence-electron chi connectivity index (χ4n) is 4.06. The number of nitrogens with one attached hydrogen (secondary N) is 1. The first-order chi connectivity index (χ1) is 10.8. The van der Waals surface area contributed by atoms with Gasteiger partial charge >= 0.3 is 0 Å². The van der Waals surface area contributed by atoms with Crippen LogP contribution in [0.5, 0.6) is 5.75 Å². The van der Waals surface area contributed by atoms with Crippen molar-refractivity contribution in [3.63, 3.8) is 0 Å². The average Bonchev–Trinajstić information content (AvgIpc) is 2.57. The Morgan fingerprint density at radius 1 is 1.17 bits per heavy atom. The van der Waals surface area contributed by atoms with Crippen molar-refractivity contribution in [2.75, 3.05) is 33.3 Å². The molecule has 0 bridgehead atoms. The molecule has 1 heterocycles. The number of methoxy groups -OCH3 is 1. The van der Waals surface area contributed by atoms with Gasteiger partial charge in [-0.25, -0.2) is 4.39 Å². The fraction of sp³-hybridized carbons (Fsp3) is 0.667. The third-order valence-corrected chi connectivity index (χ3v) is 5.16. The van der Waals surface area contributed by atoms with Crippen molar-refractivity contribution < 1.29 is 9.13 Å². The second-order valence-corrected chi connectivity index (χ2v) is 6.52. The van der Waals surface area contributed by atoms with E-state index < -0.39 is 0 Å². The van der Waals surface area contributed by atoms with Gasteiger partial charge in [-0.2, -0.15) is 0 Å². The molecule has 5 heteroatoms. The van der Waals surface area contributed by atoms with Crippen LogP contribution < -0.4 is 10.1 Å². The highest BCUT2D eigenvalue weighted by atomic mass is 35.5. The number of hydrogen-bond donors (Lipinski definition) is 1. The van der Waals surface area contributed by atoms with Crippen LogP contribution in [0.2, 0.25) is 0 Å². The van der Waals surface area contributed by atoms with E-state index in [0.29, 0.717) is 17.7 Å². The van der Waals surface area contributed by atoms with Crippen molar-refractivity contribution in [1.82, 2.24) is 10.2 Å². The van der Waals surface area contributed by atoms with Crippen LogP contribution in [0.15, 0.2) is 18.2 Å². The highest BCUT2D eigenvalue weighted by molar-refractivity contribution is 5.85. The molecule has 0 aromatic heterocycles. The summed E-state index contributed by atoms with van der Waals surface area (Å²) < 4.78 is 19.3. The van der Waals surface area contributed by atoms with Crippen LogP contribution >= 0.6 is 12.4 Å². The van der Waals surface area contributed by atoms with Gasteiger partial charge in [0, 0.05) is 32.2 Å². The van der Waals surface area contributed by atoms with Crippen LogP contribution in [0.4, 0.5) is 4.39 Å². The number of benzene rings is 1. The first-order valence-electron chi connectivity index (χ1n) is 8.58. The molecule has 1 aliphatic heterocycles. The summed E-state index contributed by atoms with van der Waals surface area (Å²) in [6, 6.07) is 5.88. The van der Waals surface area contributed by atoms with E-state index in [4.69, 9.17) is 4.74 Å². The third-order valence-electron chi connectivity index (χ3n) is 5.16. The van der Waals surface area contributed by atoms with Gasteiger partial charge in [-0.15, -0.1) is 12.4 Å². The molecule has 2 aliphatic rings. The van der Waals surface area contributed by atoms with E-state index >= 15 is 0 Å². The highest BCUT2D eigenvalue weighted by Crippen LogP contribution is 2.39. The van der Waals surface area contributed by atoms with Gasteiger partial charge in [-0.1, -0.05) is 25.3 Å². The summed E-state index contributed by atoms with van der Waals surface area (Å²) in [5.74, 6) is 0.752. The lowest BCUT2D eigenvalue weighted by Gasteiger charge is -2.41. The summed E-state index contributed by atoms with van der Waals surface area (Å²) in [5, 5.41) is 3.42. The Hall–Kier alpha value is -0.840. The fourth-order valence-corrected chi connectivity index (χ4v) is 4.06. The molecule has 23 heavy (non-hydrogen) atoms. The van der Waals surface area contributed by atoms with E-state index in [9.17, 15) is 4.39 Å². The molecule has 1 aliphatic carbocycles. The van der Waals surface area contributed by atoms with Crippen LogP contribution in [0.25, 0.3) is 0 Å². The molecular weight excluding hydrogens is 315 g/mol. The molecule has 1 N–H and O–H groups in total. The monoisotopic (exact) mass is 342 g/mol. The largest absolute Gasteiger partial charge is 0.494 e. The number of rotatable bonds is 4. The summed E-state index contributed by atoms with van der Waals surface area (Å²) in [5.41, 5.74) is 1.12. The minimum Gasteiger partial charge on any atom is -0.494 e. The van der Waals surface area contributed by atoms with Crippen LogP contribution in [-0.2, 0) is 0 Å². The average molecular weight is 343 g/mol. The lowest BCUT2D eigenvalue weighted by molar-refractivity contribution is 0.103. The van der Waals surface area contributed by atoms with E-state index in [1.807, 2.05) is 0 Å². The second-order valence-electron chi connectivity index (χ2n) is 6.52. The van der Waals surface area contributed by atoms with Crippen LogP contribution in [0.3, 0.4) is 0 Å². The van der Waals surface area contributed by atoms with E-state index in [1.54, 1.807) is 12.1 Å². The normalized spacial score (nSPS) is 21.5. The zero-order chi connectivity index (χ0) is 15.4. The smallest absolute Gasteiger partial charge is 0.165 e. The topological polar surface area (TPSA) is 24.5 Å². The Balaban J connectivity index is 0.00000192. The van der Waals surface area contributed by atoms with Crippen LogP contribution in [0.1, 0.15) is 43.7 Å². The quantitative estimate of drug-likeness (QED) is 0.901. The SMILES string of the molecule is COc1ccc([C@@H](C2CCCCC2)N2CCNCC2)cc1F.Cl. The molecular formula is C18H28ClFN2O. The Morgan fingerprint density at radius 2 is 1.87 bits per heavy atom. The molecule has 0 amide bonds. The predicted molar refractivity (Wildman–Crippen MR) is 94.0 cm³/mol. The van der Waals surface area contributed by atoms with Gasteiger partial charge in [-0.3, -0.25) is 4.90 Å². The van der Waals surface area contributed by atoms with Crippen LogP contribution in [0, 0.1) is 11.7 Å². The Kier molecular flexibility index (Phi) is 7.12. The van der Waals surface area contributed by atoms with E-state index in [2.05, 4.69) is 16.3 Å². The van der Waals surface area contributed by atoms with Gasteiger partial charge in [0.15, 0.2) is 11.6 Å². The third kappa shape index (κ3) is 4.37. The van der Waals surface area contributed by atoms with Gasteiger partial charge in [0.25, 0.3) is 0 Å². The maximum Gasteiger partial charge on any atom is 0.165 e. The molecule has 1 saturated heterocycles. The van der Waals surface area contributed by atoms with Crippen molar-refractivity contribution in [2.45, 2.75) is 38.1 Å². The summed E-state index contributed by atoms with van der Waals surface area (Å²) in [6.07, 6.45) is 6.50. The number of nitrogens with zero attached hydrogens (tertiary/aromatic N) is 1. The maximum atomic E-state index is 14.2. The molecule has 0 radical (unpaired) electrons. The molecule has 3 rings (SSSR count). The molecule has 1 aromatic carbocycles. The molecule has 0 spiro atoms. The van der Waals surface area contributed by atoms with Crippen molar-refractivity contribution in [3.8, 4) is 5.75 Å². The standard InChI is InChI=1S/C18H27FN2O.ClH/c1-22-17-8-7-15(13-16(17)19)18(14-5-3-2-4-6-14)21-11-9-20-10-12-21;/h7-8,13-14,18,20H,2-6,9-12H2,1H3;1H/t18-;/m1./s1. The van der Waals surface area contributed by atoms with Gasteiger partial charge < -0.3 is 10.1 Å². The van der Waals surface area contributed by atoms with Gasteiger partial charge in [0.05, 0.1) is 7.11 Å². The van der Waals surface area contributed by atoms with Gasteiger partial charge in [0.2, 0.25) is 0 Å². The Morgan fingerprint density at radius 3 is 2.48 bits per heavy atom. The molecule has 1 aromatic rings. The number of hydrogen-bond acceptors (Lipinski definition) is 3. The van der Waals surface area contributed by atoms with E-state index in [0.717, 1.165) is 31.7 Å². The highest BCUT2D eigenvalue weighted by Gasteiger charge is 2.31. The molecule has 1 atom stereocenters. The first kappa shape index (κ1) is 18.5. The van der Waals surface area contributed by atoms with Crippen molar-refractivity contribution >= 4 is 12.4 Å². The summed E-state index contributed by atoms with van der Waals surface area (Å²) in [4.78, 5) is 2.55. The first-order valence-corrected chi connectivity index (χ1v) is 8.58. The Labute approximate surface area is 145 Å². The van der Waals surface area contributed by atoms with Crippen LogP contribution in [-0.4, -0.2) is 38.2 Å². The summed E-state index contributed by atoms with van der Waals surface area (Å²) >= 11 is 0. The lowest BCUT2D eigenvalue weighted by Crippen LogP contribution is -2.47. The van der Waals surface area contributed by atoms with Gasteiger partial charge in [0.1, 0.15) is 0 Å². The molecule has 0 unspecified atom stereocenters.